The van der Waals surface area contributed by atoms with E-state index >= 15 is 0 Å². The van der Waals surface area contributed by atoms with Crippen molar-refractivity contribution in [3.05, 3.63) is 60.7 Å². The summed E-state index contributed by atoms with van der Waals surface area (Å²) in [6.07, 6.45) is 3.26. The van der Waals surface area contributed by atoms with Crippen molar-refractivity contribution in [3.63, 3.8) is 0 Å². The third-order valence-electron chi connectivity index (χ3n) is 5.48. The molecule has 168 valence electrons. The number of rotatable bonds is 6. The van der Waals surface area contributed by atoms with E-state index in [0.717, 1.165) is 31.4 Å². The zero-order chi connectivity index (χ0) is 22.7. The van der Waals surface area contributed by atoms with Gasteiger partial charge in [0.2, 0.25) is 0 Å². The number of carbonyl (C=O) groups is 1. The lowest BCUT2D eigenvalue weighted by molar-refractivity contribution is -0.137. The molecule has 1 saturated carbocycles. The van der Waals surface area contributed by atoms with Crippen molar-refractivity contribution in [3.8, 4) is 11.3 Å². The predicted octanol–water partition coefficient (Wildman–Crippen LogP) is 4.31. The summed E-state index contributed by atoms with van der Waals surface area (Å²) in [4.78, 5) is 23.0. The number of hydrogen-bond donors (Lipinski definition) is 2. The molecule has 1 aliphatic carbocycles. The van der Waals surface area contributed by atoms with Crippen molar-refractivity contribution in [1.82, 2.24) is 19.9 Å². The van der Waals surface area contributed by atoms with Crippen LogP contribution in [0.3, 0.4) is 0 Å². The second-order valence-electron chi connectivity index (χ2n) is 7.68. The summed E-state index contributed by atoms with van der Waals surface area (Å²) in [6.45, 7) is 0.934. The molecular weight excluding hydrogens is 421 g/mol. The molecule has 4 rings (SSSR count). The number of halogens is 3. The Morgan fingerprint density at radius 2 is 2.06 bits per heavy atom. The second kappa shape index (κ2) is 8.89. The third kappa shape index (κ3) is 4.68. The van der Waals surface area contributed by atoms with Crippen LogP contribution in [0.4, 0.5) is 29.5 Å². The first-order chi connectivity index (χ1) is 15.3. The highest BCUT2D eigenvalue weighted by Crippen LogP contribution is 2.35. The maximum absolute atomic E-state index is 13.1. The van der Waals surface area contributed by atoms with Crippen molar-refractivity contribution < 1.29 is 18.0 Å². The molecule has 2 aromatic heterocycles. The lowest BCUT2D eigenvalue weighted by atomic mass is 9.91. The molecule has 1 aliphatic rings. The fraction of sp³-hybridized carbons (Fsp3) is 0.318. The number of nitrogens with zero attached hydrogens (tertiary/aromatic N) is 4. The Morgan fingerprint density at radius 1 is 1.25 bits per heavy atom. The van der Waals surface area contributed by atoms with Crippen LogP contribution in [0, 0.1) is 0 Å². The van der Waals surface area contributed by atoms with Crippen LogP contribution in [0.1, 0.15) is 24.8 Å². The molecule has 1 fully saturated rings. The minimum absolute atomic E-state index is 0.0604. The van der Waals surface area contributed by atoms with Crippen molar-refractivity contribution in [2.45, 2.75) is 38.0 Å². The Balaban J connectivity index is 1.60. The van der Waals surface area contributed by atoms with Crippen LogP contribution in [-0.4, -0.2) is 33.2 Å². The van der Waals surface area contributed by atoms with E-state index in [-0.39, 0.29) is 23.6 Å². The van der Waals surface area contributed by atoms with Crippen LogP contribution >= 0.6 is 0 Å². The number of anilines is 2. The first-order valence-corrected chi connectivity index (χ1v) is 10.3. The fourth-order valence-corrected chi connectivity index (χ4v) is 3.54. The lowest BCUT2D eigenvalue weighted by Gasteiger charge is -2.37. The zero-order valence-corrected chi connectivity index (χ0v) is 17.2. The number of nitrogens with two attached hydrogens (primary N) is 1. The second-order valence-corrected chi connectivity index (χ2v) is 7.68. The number of imidazole rings is 1. The Labute approximate surface area is 183 Å². The summed E-state index contributed by atoms with van der Waals surface area (Å²) in [6, 6.07) is 7.67. The SMILES string of the molecule is Nc1ccc(-c2cccc(C(F)(F)F)c2)nc1N(C(=O)NCCn1ccnc1)C1CCC1. The molecular formula is C22H23F3N6O. The van der Waals surface area contributed by atoms with E-state index < -0.39 is 11.7 Å². The summed E-state index contributed by atoms with van der Waals surface area (Å²) in [5.41, 5.74) is 6.30. The molecule has 0 radical (unpaired) electrons. The molecule has 7 nitrogen and oxygen atoms in total. The van der Waals surface area contributed by atoms with E-state index in [0.29, 0.717) is 24.3 Å². The van der Waals surface area contributed by atoms with Gasteiger partial charge in [-0.15, -0.1) is 0 Å². The zero-order valence-electron chi connectivity index (χ0n) is 17.2. The van der Waals surface area contributed by atoms with Crippen molar-refractivity contribution >= 4 is 17.5 Å². The van der Waals surface area contributed by atoms with Gasteiger partial charge in [0.25, 0.3) is 0 Å². The molecule has 0 saturated heterocycles. The molecule has 10 heteroatoms. The highest BCUT2D eigenvalue weighted by Gasteiger charge is 2.33. The summed E-state index contributed by atoms with van der Waals surface area (Å²) in [5.74, 6) is 0.254. The number of hydrogen-bond acceptors (Lipinski definition) is 4. The Kier molecular flexibility index (Phi) is 6.02. The molecule has 1 aromatic carbocycles. The molecule has 0 unspecified atom stereocenters. The van der Waals surface area contributed by atoms with Gasteiger partial charge in [0, 0.05) is 37.1 Å². The molecule has 3 N–H and O–H groups in total. The van der Waals surface area contributed by atoms with E-state index in [4.69, 9.17) is 5.73 Å². The van der Waals surface area contributed by atoms with Gasteiger partial charge in [-0.05, 0) is 43.5 Å². The monoisotopic (exact) mass is 444 g/mol. The largest absolute Gasteiger partial charge is 0.416 e. The highest BCUT2D eigenvalue weighted by molar-refractivity contribution is 5.95. The van der Waals surface area contributed by atoms with Crippen LogP contribution in [0.25, 0.3) is 11.3 Å². The number of pyridine rings is 1. The van der Waals surface area contributed by atoms with Gasteiger partial charge in [-0.2, -0.15) is 13.2 Å². The summed E-state index contributed by atoms with van der Waals surface area (Å²) in [5, 5.41) is 2.88. The van der Waals surface area contributed by atoms with Crippen LogP contribution in [0.2, 0.25) is 0 Å². The summed E-state index contributed by atoms with van der Waals surface area (Å²) < 4.78 is 41.2. The molecule has 0 aliphatic heterocycles. The van der Waals surface area contributed by atoms with E-state index in [1.54, 1.807) is 36.9 Å². The predicted molar refractivity (Wildman–Crippen MR) is 115 cm³/mol. The Bertz CT molecular complexity index is 1080. The smallest absolute Gasteiger partial charge is 0.396 e. The number of urea groups is 1. The maximum atomic E-state index is 13.1. The summed E-state index contributed by atoms with van der Waals surface area (Å²) >= 11 is 0. The number of carbonyl (C=O) groups excluding carboxylic acids is 1. The van der Waals surface area contributed by atoms with Gasteiger partial charge < -0.3 is 15.6 Å². The molecule has 0 spiro atoms. The number of amides is 2. The molecule has 0 bridgehead atoms. The first kappa shape index (κ1) is 21.7. The van der Waals surface area contributed by atoms with Gasteiger partial charge in [0.15, 0.2) is 5.82 Å². The minimum atomic E-state index is -4.46. The van der Waals surface area contributed by atoms with Gasteiger partial charge >= 0.3 is 12.2 Å². The first-order valence-electron chi connectivity index (χ1n) is 10.3. The van der Waals surface area contributed by atoms with E-state index in [2.05, 4.69) is 15.3 Å². The van der Waals surface area contributed by atoms with Crippen molar-refractivity contribution in [2.75, 3.05) is 17.2 Å². The fourth-order valence-electron chi connectivity index (χ4n) is 3.54. The minimum Gasteiger partial charge on any atom is -0.396 e. The van der Waals surface area contributed by atoms with Crippen LogP contribution in [-0.2, 0) is 12.7 Å². The van der Waals surface area contributed by atoms with Crippen LogP contribution in [0.5, 0.6) is 0 Å². The van der Waals surface area contributed by atoms with Gasteiger partial charge in [0.1, 0.15) is 0 Å². The molecule has 2 heterocycles. The maximum Gasteiger partial charge on any atom is 0.416 e. The third-order valence-corrected chi connectivity index (χ3v) is 5.48. The Morgan fingerprint density at radius 3 is 2.72 bits per heavy atom. The van der Waals surface area contributed by atoms with Crippen LogP contribution < -0.4 is 16.0 Å². The number of nitrogen functional groups attached to an aromatic ring is 1. The lowest BCUT2D eigenvalue weighted by Crippen LogP contribution is -2.50. The summed E-state index contributed by atoms with van der Waals surface area (Å²) in [7, 11) is 0. The average Bonchev–Trinajstić information content (AvgIpc) is 3.24. The van der Waals surface area contributed by atoms with Crippen molar-refractivity contribution in [1.29, 1.82) is 0 Å². The van der Waals surface area contributed by atoms with Crippen LogP contribution in [0.15, 0.2) is 55.1 Å². The number of nitrogens with one attached hydrogen (secondary N) is 1. The van der Waals surface area contributed by atoms with Gasteiger partial charge in [-0.25, -0.2) is 14.8 Å². The normalized spacial score (nSPS) is 14.1. The van der Waals surface area contributed by atoms with E-state index in [9.17, 15) is 18.0 Å². The number of aromatic nitrogens is 3. The molecule has 3 aromatic rings. The van der Waals surface area contributed by atoms with Gasteiger partial charge in [0.05, 0.1) is 23.3 Å². The van der Waals surface area contributed by atoms with Gasteiger partial charge in [-0.1, -0.05) is 12.1 Å². The number of alkyl halides is 3. The molecule has 0 atom stereocenters. The van der Waals surface area contributed by atoms with Crippen molar-refractivity contribution in [2.24, 2.45) is 0 Å². The standard InChI is InChI=1S/C22H23F3N6O/c23-22(24,25)16-4-1-3-15(13-16)19-8-7-18(26)20(29-19)31(17-5-2-6-17)21(32)28-10-12-30-11-9-27-14-30/h1,3-4,7-9,11,13-14,17H,2,5-6,10,12,26H2,(H,28,32). The topological polar surface area (TPSA) is 89.1 Å². The number of benzene rings is 1. The van der Waals surface area contributed by atoms with E-state index in [1.165, 1.54) is 11.0 Å². The average molecular weight is 444 g/mol. The van der Waals surface area contributed by atoms with E-state index in [1.807, 2.05) is 4.57 Å². The molecule has 32 heavy (non-hydrogen) atoms. The molecule has 2 amide bonds. The highest BCUT2D eigenvalue weighted by atomic mass is 19.4. The van der Waals surface area contributed by atoms with Gasteiger partial charge in [-0.3, -0.25) is 4.90 Å². The quantitative estimate of drug-likeness (QED) is 0.593. The Hall–Kier alpha value is -3.56.